The fourth-order valence-electron chi connectivity index (χ4n) is 12.3. The molecular formula is C80H156N2O6P+. The molecule has 0 aliphatic heterocycles. The number of carbonyl (C=O) groups is 1. The molecule has 0 radical (unpaired) electrons. The van der Waals surface area contributed by atoms with Crippen molar-refractivity contribution in [2.45, 2.75) is 418 Å². The van der Waals surface area contributed by atoms with Crippen LogP contribution in [0.1, 0.15) is 406 Å². The molecule has 0 saturated carbocycles. The number of aliphatic hydroxyl groups is 1. The number of carbonyl (C=O) groups excluding carboxylic acids is 1. The number of rotatable bonds is 74. The highest BCUT2D eigenvalue weighted by atomic mass is 31.2. The molecule has 0 heterocycles. The van der Waals surface area contributed by atoms with Gasteiger partial charge in [-0.1, -0.05) is 396 Å². The van der Waals surface area contributed by atoms with E-state index < -0.39 is 20.0 Å². The summed E-state index contributed by atoms with van der Waals surface area (Å²) in [5.74, 6) is -0.135. The van der Waals surface area contributed by atoms with Crippen LogP contribution in [-0.4, -0.2) is 73.4 Å². The predicted octanol–water partition coefficient (Wildman–Crippen LogP) is 25.7. The highest BCUT2D eigenvalue weighted by Gasteiger charge is 2.28. The summed E-state index contributed by atoms with van der Waals surface area (Å²) >= 11 is 0. The zero-order valence-electron chi connectivity index (χ0n) is 60.5. The maximum Gasteiger partial charge on any atom is 0.472 e. The van der Waals surface area contributed by atoms with Crippen molar-refractivity contribution >= 4 is 13.7 Å². The molecule has 0 aromatic rings. The van der Waals surface area contributed by atoms with Gasteiger partial charge in [-0.05, 0) is 51.4 Å². The van der Waals surface area contributed by atoms with Gasteiger partial charge in [0, 0.05) is 6.42 Å². The number of allylic oxidation sites excluding steroid dienone is 8. The SMILES string of the molecule is CC/C=C\C/C=C\C/C=C\C/C=C\CCCCCCCCCCCCCCCCCCCCCCCCC(=O)NC(COP(=O)(O)OCC[N+](C)(C)C)C(O)CCCCCCCCCCCCCCCCCCCCCCCCCCCCCCCCCC. The molecule has 3 N–H and O–H groups in total. The van der Waals surface area contributed by atoms with E-state index in [0.717, 1.165) is 64.2 Å². The number of likely N-dealkylation sites (N-methyl/N-ethyl adjacent to an activating group) is 1. The van der Waals surface area contributed by atoms with Crippen molar-refractivity contribution in [2.24, 2.45) is 0 Å². The molecule has 0 aromatic heterocycles. The molecule has 0 saturated heterocycles. The van der Waals surface area contributed by atoms with Crippen molar-refractivity contribution in [3.05, 3.63) is 48.6 Å². The fraction of sp³-hybridized carbons (Fsp3) is 0.887. The molecule has 3 atom stereocenters. The fourth-order valence-corrected chi connectivity index (χ4v) is 13.0. The minimum absolute atomic E-state index is 0.0768. The van der Waals surface area contributed by atoms with Crippen molar-refractivity contribution in [3.63, 3.8) is 0 Å². The van der Waals surface area contributed by atoms with Crippen LogP contribution in [0.2, 0.25) is 0 Å². The van der Waals surface area contributed by atoms with Gasteiger partial charge in [-0.25, -0.2) is 4.57 Å². The summed E-state index contributed by atoms with van der Waals surface area (Å²) in [5, 5.41) is 14.2. The summed E-state index contributed by atoms with van der Waals surface area (Å²) in [5.41, 5.74) is 0. The minimum Gasteiger partial charge on any atom is -0.391 e. The number of phosphoric ester groups is 1. The molecule has 8 nitrogen and oxygen atoms in total. The molecule has 1 amide bonds. The molecular weight excluding hydrogens is 1120 g/mol. The summed E-state index contributed by atoms with van der Waals surface area (Å²) in [6.07, 6.45) is 96.9. The van der Waals surface area contributed by atoms with Gasteiger partial charge < -0.3 is 19.8 Å². The molecule has 0 aliphatic carbocycles. The van der Waals surface area contributed by atoms with Crippen LogP contribution in [0, 0.1) is 0 Å². The Morgan fingerprint density at radius 3 is 0.989 bits per heavy atom. The number of amides is 1. The Hall–Kier alpha value is -1.54. The standard InChI is InChI=1S/C80H155N2O6P/c1-6-8-10-12-14-16-18-20-22-24-26-28-30-32-34-36-38-40-41-42-44-46-48-50-52-54-56-58-60-62-64-66-68-70-72-74-80(84)81-78(77-88-89(85,86)87-76-75-82(3,4)5)79(83)73-71-69-67-65-63-61-59-57-55-53-51-49-47-45-43-39-37-35-33-31-29-27-25-23-21-19-17-15-13-11-9-7-2/h8,10,14,16,20,22,26,28,78-79,83H,6-7,9,11-13,15,17-19,21,23-25,27,29-77H2,1-5H3,(H-,81,84,85,86)/p+1/b10-8-,16-14-,22-20-,28-26-. The maximum atomic E-state index is 13.1. The number of phosphoric acid groups is 1. The molecule has 0 fully saturated rings. The van der Waals surface area contributed by atoms with Gasteiger partial charge in [0.1, 0.15) is 13.2 Å². The Morgan fingerprint density at radius 2 is 0.674 bits per heavy atom. The largest absolute Gasteiger partial charge is 0.472 e. The Kier molecular flexibility index (Phi) is 69.5. The monoisotopic (exact) mass is 1270 g/mol. The average molecular weight is 1270 g/mol. The predicted molar refractivity (Wildman–Crippen MR) is 392 cm³/mol. The van der Waals surface area contributed by atoms with E-state index in [-0.39, 0.29) is 19.1 Å². The van der Waals surface area contributed by atoms with Crippen LogP contribution in [0.3, 0.4) is 0 Å². The highest BCUT2D eigenvalue weighted by molar-refractivity contribution is 7.47. The summed E-state index contributed by atoms with van der Waals surface area (Å²) in [7, 11) is 1.64. The van der Waals surface area contributed by atoms with E-state index in [0.29, 0.717) is 23.9 Å². The normalized spacial score (nSPS) is 13.7. The third-order valence-corrected chi connectivity index (χ3v) is 19.3. The van der Waals surface area contributed by atoms with Crippen LogP contribution in [0.4, 0.5) is 0 Å². The van der Waals surface area contributed by atoms with Gasteiger partial charge in [-0.3, -0.25) is 13.8 Å². The van der Waals surface area contributed by atoms with Crippen molar-refractivity contribution in [1.82, 2.24) is 5.32 Å². The first-order chi connectivity index (χ1) is 43.5. The molecule has 9 heteroatoms. The first-order valence-electron chi connectivity index (χ1n) is 39.5. The van der Waals surface area contributed by atoms with Gasteiger partial charge in [0.25, 0.3) is 0 Å². The van der Waals surface area contributed by atoms with E-state index in [1.54, 1.807) is 0 Å². The first kappa shape index (κ1) is 87.5. The van der Waals surface area contributed by atoms with Gasteiger partial charge in [-0.2, -0.15) is 0 Å². The summed E-state index contributed by atoms with van der Waals surface area (Å²) in [6.45, 7) is 4.84. The Bertz CT molecular complexity index is 1590. The van der Waals surface area contributed by atoms with Crippen LogP contribution in [0.15, 0.2) is 48.6 Å². The Balaban J connectivity index is 3.92. The average Bonchev–Trinajstić information content (AvgIpc) is 3.64. The van der Waals surface area contributed by atoms with Crippen LogP contribution in [0.5, 0.6) is 0 Å². The van der Waals surface area contributed by atoms with E-state index in [1.807, 2.05) is 21.1 Å². The lowest BCUT2D eigenvalue weighted by Crippen LogP contribution is -2.46. The third-order valence-electron chi connectivity index (χ3n) is 18.3. The van der Waals surface area contributed by atoms with E-state index in [9.17, 15) is 19.4 Å². The third kappa shape index (κ3) is 73.7. The molecule has 89 heavy (non-hydrogen) atoms. The highest BCUT2D eigenvalue weighted by Crippen LogP contribution is 2.43. The summed E-state index contributed by atoms with van der Waals surface area (Å²) in [4.78, 5) is 23.5. The van der Waals surface area contributed by atoms with Crippen LogP contribution >= 0.6 is 7.82 Å². The molecule has 3 unspecified atom stereocenters. The zero-order chi connectivity index (χ0) is 64.8. The molecule has 0 aromatic carbocycles. The molecule has 0 rings (SSSR count). The lowest BCUT2D eigenvalue weighted by Gasteiger charge is -2.26. The van der Waals surface area contributed by atoms with E-state index in [4.69, 9.17) is 9.05 Å². The minimum atomic E-state index is -4.33. The number of nitrogens with one attached hydrogen (secondary N) is 1. The number of quaternary nitrogens is 1. The number of nitrogens with zero attached hydrogens (tertiary/aromatic N) is 1. The lowest BCUT2D eigenvalue weighted by molar-refractivity contribution is -0.870. The smallest absolute Gasteiger partial charge is 0.391 e. The quantitative estimate of drug-likeness (QED) is 0.0243. The molecule has 0 bridgehead atoms. The van der Waals surface area contributed by atoms with E-state index in [1.165, 1.54) is 315 Å². The maximum absolute atomic E-state index is 13.1. The second-order valence-electron chi connectivity index (χ2n) is 28.4. The first-order valence-corrected chi connectivity index (χ1v) is 41.0. The van der Waals surface area contributed by atoms with Crippen molar-refractivity contribution in [3.8, 4) is 0 Å². The van der Waals surface area contributed by atoms with Crippen molar-refractivity contribution in [1.29, 1.82) is 0 Å². The van der Waals surface area contributed by atoms with E-state index in [2.05, 4.69) is 67.8 Å². The van der Waals surface area contributed by atoms with Gasteiger partial charge in [-0.15, -0.1) is 0 Å². The Labute approximate surface area is 556 Å². The van der Waals surface area contributed by atoms with Gasteiger partial charge in [0.15, 0.2) is 0 Å². The Morgan fingerprint density at radius 1 is 0.393 bits per heavy atom. The van der Waals surface area contributed by atoms with Gasteiger partial charge in [0.05, 0.1) is 39.9 Å². The van der Waals surface area contributed by atoms with Crippen molar-refractivity contribution in [2.75, 3.05) is 40.9 Å². The second kappa shape index (κ2) is 70.8. The molecule has 526 valence electrons. The molecule has 0 spiro atoms. The van der Waals surface area contributed by atoms with Gasteiger partial charge in [0.2, 0.25) is 5.91 Å². The van der Waals surface area contributed by atoms with Crippen LogP contribution in [0.25, 0.3) is 0 Å². The van der Waals surface area contributed by atoms with Gasteiger partial charge >= 0.3 is 7.82 Å². The number of hydrogen-bond acceptors (Lipinski definition) is 5. The summed E-state index contributed by atoms with van der Waals surface area (Å²) in [6, 6.07) is -0.762. The van der Waals surface area contributed by atoms with Crippen LogP contribution < -0.4 is 5.32 Å². The second-order valence-corrected chi connectivity index (χ2v) is 29.9. The number of hydrogen-bond donors (Lipinski definition) is 3. The summed E-state index contributed by atoms with van der Waals surface area (Å²) < 4.78 is 24.0. The van der Waals surface area contributed by atoms with Crippen molar-refractivity contribution < 1.29 is 32.9 Å². The lowest BCUT2D eigenvalue weighted by atomic mass is 10.0. The zero-order valence-corrected chi connectivity index (χ0v) is 61.3. The topological polar surface area (TPSA) is 105 Å². The van der Waals surface area contributed by atoms with Crippen LogP contribution in [-0.2, 0) is 18.4 Å². The number of unbranched alkanes of at least 4 members (excludes halogenated alkanes) is 53. The number of aliphatic hydroxyl groups excluding tert-OH is 1. The molecule has 0 aliphatic rings. The van der Waals surface area contributed by atoms with E-state index >= 15 is 0 Å².